The number of piperidine rings is 1. The number of hydrogen-bond acceptors (Lipinski definition) is 4. The molecule has 1 fully saturated rings. The first-order valence-electron chi connectivity index (χ1n) is 10.4. The van der Waals surface area contributed by atoms with Crippen molar-refractivity contribution in [1.29, 1.82) is 0 Å². The van der Waals surface area contributed by atoms with Crippen molar-refractivity contribution in [1.82, 2.24) is 9.88 Å². The summed E-state index contributed by atoms with van der Waals surface area (Å²) in [6, 6.07) is 19.5. The van der Waals surface area contributed by atoms with Gasteiger partial charge in [-0.05, 0) is 55.3 Å². The third-order valence-electron chi connectivity index (χ3n) is 5.14. The number of pyridine rings is 1. The highest BCUT2D eigenvalue weighted by Crippen LogP contribution is 2.23. The van der Waals surface area contributed by atoms with Gasteiger partial charge >= 0.3 is 6.03 Å². The van der Waals surface area contributed by atoms with Crippen LogP contribution < -0.4 is 15.4 Å². The third kappa shape index (κ3) is 5.76. The number of nitrogens with zero attached hydrogens (tertiary/aromatic N) is 2. The molecule has 32 heavy (non-hydrogen) atoms. The Labute approximate surface area is 191 Å². The molecule has 3 aromatic rings. The Morgan fingerprint density at radius 1 is 0.969 bits per heavy atom. The average molecular weight is 451 g/mol. The van der Waals surface area contributed by atoms with E-state index in [4.69, 9.17) is 16.3 Å². The van der Waals surface area contributed by atoms with Crippen LogP contribution in [0.3, 0.4) is 0 Å². The van der Waals surface area contributed by atoms with Crippen LogP contribution in [0.15, 0.2) is 72.9 Å². The van der Waals surface area contributed by atoms with Crippen molar-refractivity contribution >= 4 is 34.9 Å². The topological polar surface area (TPSA) is 83.6 Å². The highest BCUT2D eigenvalue weighted by atomic mass is 35.5. The number of likely N-dealkylation sites (tertiary alicyclic amines) is 1. The number of anilines is 2. The van der Waals surface area contributed by atoms with Crippen molar-refractivity contribution < 1.29 is 14.3 Å². The van der Waals surface area contributed by atoms with Gasteiger partial charge in [-0.3, -0.25) is 4.79 Å². The highest BCUT2D eigenvalue weighted by Gasteiger charge is 2.28. The lowest BCUT2D eigenvalue weighted by atomic mass is 9.97. The average Bonchev–Trinajstić information content (AvgIpc) is 2.82. The second-order valence-electron chi connectivity index (χ2n) is 7.51. The zero-order chi connectivity index (χ0) is 22.3. The van der Waals surface area contributed by atoms with Gasteiger partial charge in [-0.2, -0.15) is 0 Å². The SMILES string of the molecule is O=C(Nc1ccc(Oc2ccc(Cl)cc2)nc1)C1CCCN(C(=O)Nc2ccccc2)C1. The zero-order valence-electron chi connectivity index (χ0n) is 17.3. The van der Waals surface area contributed by atoms with Gasteiger partial charge in [0.05, 0.1) is 17.8 Å². The number of ether oxygens (including phenoxy) is 1. The molecule has 164 valence electrons. The minimum absolute atomic E-state index is 0.129. The number of halogens is 1. The maximum absolute atomic E-state index is 12.8. The van der Waals surface area contributed by atoms with Crippen molar-refractivity contribution in [2.75, 3.05) is 23.7 Å². The molecule has 0 bridgehead atoms. The smallest absolute Gasteiger partial charge is 0.321 e. The Balaban J connectivity index is 1.31. The number of hydrogen-bond donors (Lipinski definition) is 2. The zero-order valence-corrected chi connectivity index (χ0v) is 18.1. The van der Waals surface area contributed by atoms with E-state index in [2.05, 4.69) is 15.6 Å². The first kappa shape index (κ1) is 21.6. The molecule has 0 saturated carbocycles. The molecule has 1 atom stereocenters. The number of carbonyl (C=O) groups excluding carboxylic acids is 2. The fraction of sp³-hybridized carbons (Fsp3) is 0.208. The molecule has 0 aliphatic carbocycles. The Kier molecular flexibility index (Phi) is 6.87. The first-order chi connectivity index (χ1) is 15.6. The van der Waals surface area contributed by atoms with Gasteiger partial charge in [0.1, 0.15) is 5.75 Å². The van der Waals surface area contributed by atoms with Crippen LogP contribution in [0.1, 0.15) is 12.8 Å². The molecule has 3 amide bonds. The minimum Gasteiger partial charge on any atom is -0.439 e. The van der Waals surface area contributed by atoms with Crippen LogP contribution in [0.5, 0.6) is 11.6 Å². The van der Waals surface area contributed by atoms with E-state index in [1.54, 1.807) is 47.5 Å². The second-order valence-corrected chi connectivity index (χ2v) is 7.95. The first-order valence-corrected chi connectivity index (χ1v) is 10.8. The number of nitrogens with one attached hydrogen (secondary N) is 2. The summed E-state index contributed by atoms with van der Waals surface area (Å²) >= 11 is 5.87. The Hall–Kier alpha value is -3.58. The maximum Gasteiger partial charge on any atom is 0.321 e. The summed E-state index contributed by atoms with van der Waals surface area (Å²) in [6.45, 7) is 0.996. The quantitative estimate of drug-likeness (QED) is 0.544. The number of amides is 3. The summed E-state index contributed by atoms with van der Waals surface area (Å²) in [5.74, 6) is 0.618. The third-order valence-corrected chi connectivity index (χ3v) is 5.40. The van der Waals surface area contributed by atoms with Gasteiger partial charge in [0.15, 0.2) is 0 Å². The molecule has 1 aromatic heterocycles. The molecule has 2 N–H and O–H groups in total. The molecule has 4 rings (SSSR count). The van der Waals surface area contributed by atoms with Crippen LogP contribution in [0.25, 0.3) is 0 Å². The van der Waals surface area contributed by atoms with Crippen LogP contribution in [-0.4, -0.2) is 34.9 Å². The maximum atomic E-state index is 12.8. The van der Waals surface area contributed by atoms with Gasteiger partial charge in [-0.1, -0.05) is 29.8 Å². The van der Waals surface area contributed by atoms with E-state index in [0.717, 1.165) is 18.5 Å². The molecule has 7 nitrogen and oxygen atoms in total. The van der Waals surface area contributed by atoms with E-state index in [-0.39, 0.29) is 17.9 Å². The van der Waals surface area contributed by atoms with Crippen LogP contribution in [0.4, 0.5) is 16.2 Å². The summed E-state index contributed by atoms with van der Waals surface area (Å²) < 4.78 is 5.67. The van der Waals surface area contributed by atoms with Gasteiger partial charge in [0.25, 0.3) is 0 Å². The van der Waals surface area contributed by atoms with Gasteiger partial charge in [-0.15, -0.1) is 0 Å². The van der Waals surface area contributed by atoms with Crippen molar-refractivity contribution in [3.05, 3.63) is 77.9 Å². The van der Waals surface area contributed by atoms with E-state index < -0.39 is 0 Å². The van der Waals surface area contributed by atoms with Crippen molar-refractivity contribution in [3.63, 3.8) is 0 Å². The summed E-state index contributed by atoms with van der Waals surface area (Å²) in [7, 11) is 0. The van der Waals surface area contributed by atoms with Crippen LogP contribution >= 0.6 is 11.6 Å². The molecule has 2 aromatic carbocycles. The molecule has 1 aliphatic rings. The highest BCUT2D eigenvalue weighted by molar-refractivity contribution is 6.30. The van der Waals surface area contributed by atoms with Crippen LogP contribution in [-0.2, 0) is 4.79 Å². The molecule has 1 unspecified atom stereocenters. The Morgan fingerprint density at radius 2 is 1.75 bits per heavy atom. The number of carbonyl (C=O) groups is 2. The molecule has 0 radical (unpaired) electrons. The van der Waals surface area contributed by atoms with Gasteiger partial charge < -0.3 is 20.3 Å². The lowest BCUT2D eigenvalue weighted by Gasteiger charge is -2.32. The van der Waals surface area contributed by atoms with E-state index in [1.807, 2.05) is 30.3 Å². The van der Waals surface area contributed by atoms with Crippen molar-refractivity contribution in [2.24, 2.45) is 5.92 Å². The molecule has 1 aliphatic heterocycles. The van der Waals surface area contributed by atoms with E-state index >= 15 is 0 Å². The molecule has 8 heteroatoms. The summed E-state index contributed by atoms with van der Waals surface area (Å²) in [6.07, 6.45) is 3.05. The largest absolute Gasteiger partial charge is 0.439 e. The lowest BCUT2D eigenvalue weighted by Crippen LogP contribution is -2.45. The number of urea groups is 1. The van der Waals surface area contributed by atoms with Gasteiger partial charge in [-0.25, -0.2) is 9.78 Å². The second kappa shape index (κ2) is 10.2. The normalized spacial score (nSPS) is 15.7. The Bertz CT molecular complexity index is 1060. The summed E-state index contributed by atoms with van der Waals surface area (Å²) in [5, 5.41) is 6.39. The number of para-hydroxylation sites is 1. The van der Waals surface area contributed by atoms with Gasteiger partial charge in [0.2, 0.25) is 11.8 Å². The van der Waals surface area contributed by atoms with E-state index in [1.165, 1.54) is 0 Å². The molecular weight excluding hydrogens is 428 g/mol. The fourth-order valence-electron chi connectivity index (χ4n) is 3.48. The number of aromatic nitrogens is 1. The Morgan fingerprint density at radius 3 is 2.47 bits per heavy atom. The van der Waals surface area contributed by atoms with Crippen LogP contribution in [0.2, 0.25) is 5.02 Å². The standard InChI is InChI=1S/C24H23ClN4O3/c25-18-8-11-21(12-9-18)32-22-13-10-20(15-26-22)27-23(30)17-5-4-14-29(16-17)24(31)28-19-6-2-1-3-7-19/h1-3,6-13,15,17H,4-5,14,16H2,(H,27,30)(H,28,31). The van der Waals surface area contributed by atoms with E-state index in [0.29, 0.717) is 35.4 Å². The number of rotatable bonds is 5. The monoisotopic (exact) mass is 450 g/mol. The number of benzene rings is 2. The lowest BCUT2D eigenvalue weighted by molar-refractivity contribution is -0.121. The van der Waals surface area contributed by atoms with Crippen molar-refractivity contribution in [3.8, 4) is 11.6 Å². The minimum atomic E-state index is -0.282. The van der Waals surface area contributed by atoms with E-state index in [9.17, 15) is 9.59 Å². The molecule has 1 saturated heterocycles. The van der Waals surface area contributed by atoms with Crippen molar-refractivity contribution in [2.45, 2.75) is 12.8 Å². The fourth-order valence-corrected chi connectivity index (χ4v) is 3.61. The predicted molar refractivity (Wildman–Crippen MR) is 124 cm³/mol. The summed E-state index contributed by atoms with van der Waals surface area (Å²) in [4.78, 5) is 31.2. The van der Waals surface area contributed by atoms with Gasteiger partial charge in [0, 0.05) is 29.9 Å². The van der Waals surface area contributed by atoms with Crippen LogP contribution in [0, 0.1) is 5.92 Å². The predicted octanol–water partition coefficient (Wildman–Crippen LogP) is 5.41. The molecular formula is C24H23ClN4O3. The molecule has 0 spiro atoms. The molecule has 2 heterocycles. The summed E-state index contributed by atoms with van der Waals surface area (Å²) in [5.41, 5.74) is 1.31.